The second kappa shape index (κ2) is 13.7. The second-order valence-corrected chi connectivity index (χ2v) is 14.9. The highest BCUT2D eigenvalue weighted by molar-refractivity contribution is 7.01. The van der Waals surface area contributed by atoms with Gasteiger partial charge in [-0.15, -0.1) is 0 Å². The first-order chi connectivity index (χ1) is 28.3. The maximum Gasteiger partial charge on any atom is 0.252 e. The number of hydrogen-bond acceptors (Lipinski definition) is 2. The van der Waals surface area contributed by atoms with Crippen LogP contribution in [0.15, 0.2) is 224 Å². The molecule has 0 atom stereocenters. The third-order valence-electron chi connectivity index (χ3n) is 11.7. The Morgan fingerprint density at radius 2 is 0.702 bits per heavy atom. The lowest BCUT2D eigenvalue weighted by molar-refractivity contribution is 1.25. The van der Waals surface area contributed by atoms with Crippen molar-refractivity contribution in [3.8, 4) is 44.5 Å². The largest absolute Gasteiger partial charge is 0.311 e. The van der Waals surface area contributed by atoms with Crippen molar-refractivity contribution in [1.82, 2.24) is 0 Å². The first kappa shape index (κ1) is 33.0. The Morgan fingerprint density at radius 3 is 1.35 bits per heavy atom. The van der Waals surface area contributed by atoms with E-state index in [2.05, 4.69) is 234 Å². The quantitative estimate of drug-likeness (QED) is 0.158. The smallest absolute Gasteiger partial charge is 0.252 e. The van der Waals surface area contributed by atoms with Gasteiger partial charge >= 0.3 is 0 Å². The topological polar surface area (TPSA) is 6.48 Å². The minimum absolute atomic E-state index is 0.0266. The van der Waals surface area contributed by atoms with Gasteiger partial charge in [-0.2, -0.15) is 0 Å². The van der Waals surface area contributed by atoms with Crippen molar-refractivity contribution < 1.29 is 0 Å². The van der Waals surface area contributed by atoms with Gasteiger partial charge in [-0.3, -0.25) is 0 Å². The number of benzene rings is 9. The summed E-state index contributed by atoms with van der Waals surface area (Å²) < 4.78 is 0. The van der Waals surface area contributed by atoms with E-state index in [1.54, 1.807) is 0 Å². The Morgan fingerprint density at radius 1 is 0.263 bits per heavy atom. The molecule has 0 spiro atoms. The number of nitrogens with zero attached hydrogens (tertiary/aromatic N) is 2. The molecule has 3 heteroatoms. The van der Waals surface area contributed by atoms with Crippen molar-refractivity contribution in [1.29, 1.82) is 0 Å². The molecular formula is C54H37BN2. The van der Waals surface area contributed by atoms with Gasteiger partial charge in [-0.05, 0) is 97.8 Å². The molecule has 2 aliphatic heterocycles. The average molecular weight is 725 g/mol. The Labute approximate surface area is 334 Å². The number of hydrogen-bond donors (Lipinski definition) is 0. The molecule has 2 nitrogen and oxygen atoms in total. The lowest BCUT2D eigenvalue weighted by atomic mass is 9.32. The third kappa shape index (κ3) is 5.51. The van der Waals surface area contributed by atoms with Crippen LogP contribution in [-0.4, -0.2) is 6.71 Å². The van der Waals surface area contributed by atoms with E-state index in [4.69, 9.17) is 0 Å². The van der Waals surface area contributed by atoms with Crippen LogP contribution in [0.1, 0.15) is 0 Å². The summed E-state index contributed by atoms with van der Waals surface area (Å²) in [6, 6.07) is 82.0. The zero-order chi connectivity index (χ0) is 37.7. The van der Waals surface area contributed by atoms with E-state index in [1.807, 2.05) is 0 Å². The van der Waals surface area contributed by atoms with Crippen LogP contribution in [0.4, 0.5) is 34.1 Å². The summed E-state index contributed by atoms with van der Waals surface area (Å²) >= 11 is 0. The van der Waals surface area contributed by atoms with E-state index in [9.17, 15) is 0 Å². The maximum atomic E-state index is 2.52. The molecule has 0 saturated heterocycles. The number of anilines is 6. The number of rotatable bonds is 6. The molecule has 0 bridgehead atoms. The summed E-state index contributed by atoms with van der Waals surface area (Å²) in [5.74, 6) is 0. The van der Waals surface area contributed by atoms with Gasteiger partial charge < -0.3 is 9.80 Å². The summed E-state index contributed by atoms with van der Waals surface area (Å²) in [7, 11) is 0. The van der Waals surface area contributed by atoms with E-state index in [-0.39, 0.29) is 6.71 Å². The predicted molar refractivity (Wildman–Crippen MR) is 242 cm³/mol. The van der Waals surface area contributed by atoms with Gasteiger partial charge in [0, 0.05) is 34.0 Å². The summed E-state index contributed by atoms with van der Waals surface area (Å²) in [5.41, 5.74) is 20.7. The minimum atomic E-state index is -0.0266. The van der Waals surface area contributed by atoms with E-state index >= 15 is 0 Å². The van der Waals surface area contributed by atoms with Crippen molar-refractivity contribution in [2.24, 2.45) is 0 Å². The summed E-state index contributed by atoms with van der Waals surface area (Å²) in [6.07, 6.45) is 0. The van der Waals surface area contributed by atoms with Gasteiger partial charge in [-0.25, -0.2) is 0 Å². The van der Waals surface area contributed by atoms with E-state index in [1.165, 1.54) is 83.6 Å². The molecule has 0 aromatic heterocycles. The van der Waals surface area contributed by atoms with Crippen molar-refractivity contribution in [3.05, 3.63) is 224 Å². The normalized spacial score (nSPS) is 12.5. The van der Waals surface area contributed by atoms with Crippen LogP contribution in [0, 0.1) is 0 Å². The van der Waals surface area contributed by atoms with Gasteiger partial charge in [-0.1, -0.05) is 182 Å². The molecule has 9 aromatic rings. The lowest BCUT2D eigenvalue weighted by Gasteiger charge is -2.45. The van der Waals surface area contributed by atoms with Gasteiger partial charge in [0.25, 0.3) is 6.71 Å². The fourth-order valence-electron chi connectivity index (χ4n) is 9.16. The molecule has 0 amide bonds. The lowest BCUT2D eigenvalue weighted by Crippen LogP contribution is -2.62. The number of para-hydroxylation sites is 1. The van der Waals surface area contributed by atoms with E-state index < -0.39 is 0 Å². The Bertz CT molecular complexity index is 2890. The molecule has 0 radical (unpaired) electrons. The molecule has 0 fully saturated rings. The van der Waals surface area contributed by atoms with Crippen LogP contribution >= 0.6 is 0 Å². The maximum absolute atomic E-state index is 2.52. The van der Waals surface area contributed by atoms with Crippen molar-refractivity contribution in [3.63, 3.8) is 0 Å². The molecule has 0 saturated carbocycles. The van der Waals surface area contributed by atoms with Gasteiger partial charge in [0.2, 0.25) is 0 Å². The summed E-state index contributed by atoms with van der Waals surface area (Å²) in [5, 5.41) is 0. The predicted octanol–water partition coefficient (Wildman–Crippen LogP) is 12.4. The van der Waals surface area contributed by atoms with Crippen LogP contribution in [0.3, 0.4) is 0 Å². The SMILES string of the molecule is c1ccc(-c2ccc(N3c4cccc(-c5ccccc5)c4B4c5cc(-c6ccccc6)ccc5N(c5ccccc5-c5ccccc5)c5cccc3c54)cc2)cc1. The highest BCUT2D eigenvalue weighted by Gasteiger charge is 2.44. The van der Waals surface area contributed by atoms with Gasteiger partial charge in [0.05, 0.1) is 5.69 Å². The minimum Gasteiger partial charge on any atom is -0.311 e. The van der Waals surface area contributed by atoms with Crippen LogP contribution < -0.4 is 26.2 Å². The molecule has 0 aliphatic carbocycles. The molecule has 266 valence electrons. The van der Waals surface area contributed by atoms with Crippen molar-refractivity contribution in [2.75, 3.05) is 9.80 Å². The second-order valence-electron chi connectivity index (χ2n) is 14.9. The first-order valence-corrected chi connectivity index (χ1v) is 19.7. The first-order valence-electron chi connectivity index (χ1n) is 19.7. The third-order valence-corrected chi connectivity index (χ3v) is 11.7. The van der Waals surface area contributed by atoms with Crippen LogP contribution in [0.2, 0.25) is 0 Å². The standard InChI is InChI=1S/C54H37BN2/c1-5-17-38(18-6-1)40-31-34-44(35-32-40)56-50-28-15-26-46(42-23-11-4-12-24-42)53(50)55-47-37-43(39-19-7-2-8-20-39)33-36-49(47)57(52-30-16-29-51(56)54(52)55)48-27-14-13-25-45(48)41-21-9-3-10-22-41/h1-37H. The highest BCUT2D eigenvalue weighted by atomic mass is 15.2. The van der Waals surface area contributed by atoms with Crippen molar-refractivity contribution in [2.45, 2.75) is 0 Å². The fourth-order valence-corrected chi connectivity index (χ4v) is 9.16. The molecule has 2 heterocycles. The zero-order valence-corrected chi connectivity index (χ0v) is 31.3. The monoisotopic (exact) mass is 724 g/mol. The van der Waals surface area contributed by atoms with E-state index in [0.29, 0.717) is 0 Å². The molecule has 0 unspecified atom stereocenters. The average Bonchev–Trinajstić information content (AvgIpc) is 3.30. The Kier molecular flexibility index (Phi) is 7.96. The summed E-state index contributed by atoms with van der Waals surface area (Å²) in [4.78, 5) is 5.02. The summed E-state index contributed by atoms with van der Waals surface area (Å²) in [6.45, 7) is -0.0266. The van der Waals surface area contributed by atoms with Gasteiger partial charge in [0.1, 0.15) is 0 Å². The highest BCUT2D eigenvalue weighted by Crippen LogP contribution is 2.47. The Hall–Kier alpha value is -7.36. The molecular weight excluding hydrogens is 687 g/mol. The number of fused-ring (bicyclic) bond motifs is 4. The molecule has 11 rings (SSSR count). The fraction of sp³-hybridized carbons (Fsp3) is 0. The molecule has 2 aliphatic rings. The van der Waals surface area contributed by atoms with Crippen molar-refractivity contribution >= 4 is 57.2 Å². The van der Waals surface area contributed by atoms with Crippen LogP contribution in [0.25, 0.3) is 44.5 Å². The van der Waals surface area contributed by atoms with Crippen LogP contribution in [-0.2, 0) is 0 Å². The van der Waals surface area contributed by atoms with Crippen LogP contribution in [0.5, 0.6) is 0 Å². The zero-order valence-electron chi connectivity index (χ0n) is 31.3. The Balaban J connectivity index is 1.22. The molecule has 0 N–H and O–H groups in total. The van der Waals surface area contributed by atoms with E-state index in [0.717, 1.165) is 11.4 Å². The molecule has 57 heavy (non-hydrogen) atoms. The van der Waals surface area contributed by atoms with Gasteiger partial charge in [0.15, 0.2) is 0 Å². The molecule has 9 aromatic carbocycles.